The lowest BCUT2D eigenvalue weighted by Gasteiger charge is -2.12. The van der Waals surface area contributed by atoms with Gasteiger partial charge in [-0.25, -0.2) is 0 Å². The number of ether oxygens (including phenoxy) is 1. The molecule has 0 amide bonds. The molecule has 0 saturated heterocycles. The number of nitrogen functional groups attached to an aromatic ring is 1. The lowest BCUT2D eigenvalue weighted by atomic mass is 10.1. The maximum atomic E-state index is 7.63. The second-order valence-electron chi connectivity index (χ2n) is 4.37. The minimum absolute atomic E-state index is 0.0219. The molecular weight excluding hydrogens is 304 g/mol. The molecule has 0 heterocycles. The van der Waals surface area contributed by atoms with Gasteiger partial charge in [0, 0.05) is 4.47 Å². The number of benzene rings is 2. The quantitative estimate of drug-likeness (QED) is 0.660. The molecule has 2 aromatic carbocycles. The van der Waals surface area contributed by atoms with E-state index in [4.69, 9.17) is 15.9 Å². The van der Waals surface area contributed by atoms with E-state index in [-0.39, 0.29) is 5.84 Å². The number of hydrogen-bond donors (Lipinski definition) is 2. The molecule has 0 aliphatic carbocycles. The molecule has 0 aliphatic heterocycles. The summed E-state index contributed by atoms with van der Waals surface area (Å²) >= 11 is 3.39. The molecule has 0 aromatic heterocycles. The standard InChI is InChI=1S/C15H15BrN2O/c1-9-6-7-11(8-10(9)2)19-13-5-3-4-12(16)14(13)15(17)18/h3-8H,1-2H3,(H3,17,18). The predicted octanol–water partition coefficient (Wildman–Crippen LogP) is 4.14. The zero-order valence-corrected chi connectivity index (χ0v) is 12.4. The van der Waals surface area contributed by atoms with Crippen molar-refractivity contribution in [2.75, 3.05) is 0 Å². The van der Waals surface area contributed by atoms with Gasteiger partial charge in [0.15, 0.2) is 0 Å². The lowest BCUT2D eigenvalue weighted by molar-refractivity contribution is 0.480. The van der Waals surface area contributed by atoms with Crippen LogP contribution in [-0.4, -0.2) is 5.84 Å². The molecule has 0 aliphatic rings. The molecule has 0 fully saturated rings. The summed E-state index contributed by atoms with van der Waals surface area (Å²) < 4.78 is 6.59. The van der Waals surface area contributed by atoms with Gasteiger partial charge in [0.1, 0.15) is 17.3 Å². The Kier molecular flexibility index (Phi) is 3.90. The summed E-state index contributed by atoms with van der Waals surface area (Å²) in [7, 11) is 0. The molecule has 0 saturated carbocycles. The largest absolute Gasteiger partial charge is 0.457 e. The summed E-state index contributed by atoms with van der Waals surface area (Å²) in [4.78, 5) is 0. The summed E-state index contributed by atoms with van der Waals surface area (Å²) in [6.07, 6.45) is 0. The Balaban J connectivity index is 2.40. The van der Waals surface area contributed by atoms with Crippen LogP contribution in [0.25, 0.3) is 0 Å². The zero-order chi connectivity index (χ0) is 14.0. The van der Waals surface area contributed by atoms with Crippen molar-refractivity contribution in [2.24, 2.45) is 5.73 Å². The minimum Gasteiger partial charge on any atom is -0.457 e. The van der Waals surface area contributed by atoms with Crippen LogP contribution >= 0.6 is 15.9 Å². The first-order chi connectivity index (χ1) is 8.99. The van der Waals surface area contributed by atoms with Crippen LogP contribution in [0.3, 0.4) is 0 Å². The number of nitrogens with two attached hydrogens (primary N) is 1. The molecule has 4 heteroatoms. The van der Waals surface area contributed by atoms with Crippen molar-refractivity contribution in [1.82, 2.24) is 0 Å². The van der Waals surface area contributed by atoms with Crippen molar-refractivity contribution in [3.05, 3.63) is 57.6 Å². The van der Waals surface area contributed by atoms with Gasteiger partial charge in [-0.15, -0.1) is 0 Å². The molecule has 0 atom stereocenters. The van der Waals surface area contributed by atoms with E-state index in [0.717, 1.165) is 15.8 Å². The van der Waals surface area contributed by atoms with E-state index >= 15 is 0 Å². The molecule has 0 spiro atoms. The van der Waals surface area contributed by atoms with Gasteiger partial charge in [-0.3, -0.25) is 5.41 Å². The fraction of sp³-hybridized carbons (Fsp3) is 0.133. The van der Waals surface area contributed by atoms with Gasteiger partial charge in [0.05, 0.1) is 5.56 Å². The fourth-order valence-electron chi connectivity index (χ4n) is 1.76. The normalized spacial score (nSPS) is 10.3. The molecule has 2 rings (SSSR count). The minimum atomic E-state index is -0.0219. The molecule has 0 unspecified atom stereocenters. The molecule has 3 nitrogen and oxygen atoms in total. The van der Waals surface area contributed by atoms with Gasteiger partial charge in [-0.1, -0.05) is 12.1 Å². The average Bonchev–Trinajstić information content (AvgIpc) is 2.33. The fourth-order valence-corrected chi connectivity index (χ4v) is 2.32. The summed E-state index contributed by atoms with van der Waals surface area (Å²) in [6, 6.07) is 11.4. The van der Waals surface area contributed by atoms with E-state index in [1.54, 1.807) is 6.07 Å². The number of rotatable bonds is 3. The van der Waals surface area contributed by atoms with Gasteiger partial charge in [-0.05, 0) is 65.2 Å². The number of nitrogens with one attached hydrogen (secondary N) is 1. The van der Waals surface area contributed by atoms with Crippen LogP contribution in [0.4, 0.5) is 0 Å². The Morgan fingerprint density at radius 3 is 2.53 bits per heavy atom. The third-order valence-electron chi connectivity index (χ3n) is 2.95. The monoisotopic (exact) mass is 318 g/mol. The summed E-state index contributed by atoms with van der Waals surface area (Å²) in [5.41, 5.74) is 8.55. The Morgan fingerprint density at radius 2 is 1.89 bits per heavy atom. The van der Waals surface area contributed by atoms with E-state index in [1.165, 1.54) is 5.56 Å². The maximum Gasteiger partial charge on any atom is 0.139 e. The first-order valence-corrected chi connectivity index (χ1v) is 6.66. The Hall–Kier alpha value is -1.81. The van der Waals surface area contributed by atoms with Gasteiger partial charge in [0.2, 0.25) is 0 Å². The van der Waals surface area contributed by atoms with Gasteiger partial charge >= 0.3 is 0 Å². The van der Waals surface area contributed by atoms with Crippen LogP contribution in [0.15, 0.2) is 40.9 Å². The highest BCUT2D eigenvalue weighted by Gasteiger charge is 2.11. The second-order valence-corrected chi connectivity index (χ2v) is 5.23. The molecule has 2 aromatic rings. The summed E-state index contributed by atoms with van der Waals surface area (Å²) in [5.74, 6) is 1.29. The molecular formula is C15H15BrN2O. The van der Waals surface area contributed by atoms with Crippen molar-refractivity contribution >= 4 is 21.8 Å². The van der Waals surface area contributed by atoms with Crippen molar-refractivity contribution < 1.29 is 4.74 Å². The number of halogens is 1. The van der Waals surface area contributed by atoms with Gasteiger partial charge in [0.25, 0.3) is 0 Å². The van der Waals surface area contributed by atoms with Crippen LogP contribution in [0, 0.1) is 19.3 Å². The van der Waals surface area contributed by atoms with E-state index in [0.29, 0.717) is 11.3 Å². The first-order valence-electron chi connectivity index (χ1n) is 5.87. The number of hydrogen-bond acceptors (Lipinski definition) is 2. The van der Waals surface area contributed by atoms with Crippen molar-refractivity contribution in [1.29, 1.82) is 5.41 Å². The van der Waals surface area contributed by atoms with Gasteiger partial charge in [-0.2, -0.15) is 0 Å². The molecule has 0 bridgehead atoms. The van der Waals surface area contributed by atoms with Crippen LogP contribution in [0.1, 0.15) is 16.7 Å². The van der Waals surface area contributed by atoms with E-state index < -0.39 is 0 Å². The van der Waals surface area contributed by atoms with Crippen LogP contribution in [0.2, 0.25) is 0 Å². The van der Waals surface area contributed by atoms with E-state index in [2.05, 4.69) is 22.9 Å². The number of aryl methyl sites for hydroxylation is 2. The smallest absolute Gasteiger partial charge is 0.139 e. The zero-order valence-electron chi connectivity index (χ0n) is 10.8. The van der Waals surface area contributed by atoms with Crippen molar-refractivity contribution in [2.45, 2.75) is 13.8 Å². The van der Waals surface area contributed by atoms with E-state index in [9.17, 15) is 0 Å². The van der Waals surface area contributed by atoms with Crippen LogP contribution in [-0.2, 0) is 0 Å². The predicted molar refractivity (Wildman–Crippen MR) is 81.1 cm³/mol. The lowest BCUT2D eigenvalue weighted by Crippen LogP contribution is -2.13. The van der Waals surface area contributed by atoms with Crippen LogP contribution < -0.4 is 10.5 Å². The third kappa shape index (κ3) is 2.96. The van der Waals surface area contributed by atoms with Gasteiger partial charge < -0.3 is 10.5 Å². The highest BCUT2D eigenvalue weighted by Crippen LogP contribution is 2.31. The van der Waals surface area contributed by atoms with E-state index in [1.807, 2.05) is 37.3 Å². The highest BCUT2D eigenvalue weighted by molar-refractivity contribution is 9.10. The second kappa shape index (κ2) is 5.45. The highest BCUT2D eigenvalue weighted by atomic mass is 79.9. The Morgan fingerprint density at radius 1 is 1.16 bits per heavy atom. The molecule has 3 N–H and O–H groups in total. The third-order valence-corrected chi connectivity index (χ3v) is 3.61. The van der Waals surface area contributed by atoms with Crippen LogP contribution in [0.5, 0.6) is 11.5 Å². The average molecular weight is 319 g/mol. The topological polar surface area (TPSA) is 59.1 Å². The Labute approximate surface area is 121 Å². The Bertz CT molecular complexity index is 638. The maximum absolute atomic E-state index is 7.63. The van der Waals surface area contributed by atoms with Crippen molar-refractivity contribution in [3.8, 4) is 11.5 Å². The SMILES string of the molecule is Cc1ccc(Oc2cccc(Br)c2C(=N)N)cc1C. The molecule has 19 heavy (non-hydrogen) atoms. The number of amidine groups is 1. The summed E-state index contributed by atoms with van der Waals surface area (Å²) in [5, 5.41) is 7.63. The molecule has 0 radical (unpaired) electrons. The first kappa shape index (κ1) is 13.6. The van der Waals surface area contributed by atoms with Crippen molar-refractivity contribution in [3.63, 3.8) is 0 Å². The molecule has 98 valence electrons. The summed E-state index contributed by atoms with van der Waals surface area (Å²) in [6.45, 7) is 4.09.